The van der Waals surface area contributed by atoms with Gasteiger partial charge in [-0.05, 0) is 44.0 Å². The van der Waals surface area contributed by atoms with Crippen molar-refractivity contribution in [3.8, 4) is 5.75 Å². The van der Waals surface area contributed by atoms with Crippen LogP contribution in [0.15, 0.2) is 53.6 Å². The third kappa shape index (κ3) is 5.61. The molecule has 0 aliphatic carbocycles. The zero-order chi connectivity index (χ0) is 25.0. The molecule has 4 rings (SSSR count). The van der Waals surface area contributed by atoms with E-state index >= 15 is 0 Å². The number of nitrogens with one attached hydrogen (secondary N) is 2. The van der Waals surface area contributed by atoms with Gasteiger partial charge in [-0.3, -0.25) is 0 Å². The summed E-state index contributed by atoms with van der Waals surface area (Å²) in [6.45, 7) is 4.53. The molecule has 2 aromatic carbocycles. The molecule has 1 fully saturated rings. The van der Waals surface area contributed by atoms with Crippen LogP contribution in [0.2, 0.25) is 5.02 Å². The predicted octanol–water partition coefficient (Wildman–Crippen LogP) is 4.87. The summed E-state index contributed by atoms with van der Waals surface area (Å²) >= 11 is 6.35. The van der Waals surface area contributed by atoms with Crippen LogP contribution >= 0.6 is 11.6 Å². The lowest BCUT2D eigenvalue weighted by atomic mass is 10.2. The van der Waals surface area contributed by atoms with E-state index in [0.29, 0.717) is 24.0 Å². The van der Waals surface area contributed by atoms with Gasteiger partial charge in [0.2, 0.25) is 16.0 Å². The van der Waals surface area contributed by atoms with Gasteiger partial charge >= 0.3 is 0 Å². The molecule has 3 aromatic rings. The summed E-state index contributed by atoms with van der Waals surface area (Å²) in [4.78, 5) is 11.2. The second kappa shape index (κ2) is 10.7. The Morgan fingerprint density at radius 1 is 1.09 bits per heavy atom. The highest BCUT2D eigenvalue weighted by atomic mass is 35.5. The molecule has 11 heteroatoms. The van der Waals surface area contributed by atoms with Crippen molar-refractivity contribution in [3.05, 3.63) is 53.7 Å². The van der Waals surface area contributed by atoms with Crippen molar-refractivity contribution in [2.75, 3.05) is 49.3 Å². The minimum Gasteiger partial charge on any atom is -0.492 e. The molecule has 1 aromatic heterocycles. The number of hydrogen-bond acceptors (Lipinski definition) is 8. The van der Waals surface area contributed by atoms with Gasteiger partial charge in [-0.15, -0.1) is 0 Å². The number of benzene rings is 2. The Hall–Kier alpha value is -3.08. The van der Waals surface area contributed by atoms with E-state index in [2.05, 4.69) is 25.5 Å². The summed E-state index contributed by atoms with van der Waals surface area (Å²) < 4.78 is 32.5. The van der Waals surface area contributed by atoms with E-state index in [1.807, 2.05) is 25.1 Å². The maximum atomic E-state index is 12.7. The molecule has 35 heavy (non-hydrogen) atoms. The van der Waals surface area contributed by atoms with E-state index < -0.39 is 10.0 Å². The Labute approximate surface area is 211 Å². The third-order valence-corrected chi connectivity index (χ3v) is 7.78. The first-order valence-corrected chi connectivity index (χ1v) is 13.2. The van der Waals surface area contributed by atoms with Crippen LogP contribution in [0.4, 0.5) is 28.8 Å². The number of para-hydroxylation sites is 1. The normalized spacial score (nSPS) is 13.8. The van der Waals surface area contributed by atoms with Crippen molar-refractivity contribution < 1.29 is 13.2 Å². The molecular weight excluding hydrogens is 488 g/mol. The van der Waals surface area contributed by atoms with Crippen LogP contribution in [0.5, 0.6) is 5.75 Å². The summed E-state index contributed by atoms with van der Waals surface area (Å²) in [5.74, 6) is 1.27. The van der Waals surface area contributed by atoms with Crippen LogP contribution in [-0.4, -0.2) is 56.5 Å². The fourth-order valence-corrected chi connectivity index (χ4v) is 5.00. The van der Waals surface area contributed by atoms with Crippen LogP contribution in [-0.2, 0) is 10.0 Å². The molecule has 186 valence electrons. The predicted molar refractivity (Wildman–Crippen MR) is 140 cm³/mol. The quantitative estimate of drug-likeness (QED) is 0.415. The SMILES string of the molecule is CCOc1cc(N2CCCC2)ccc1Nc1ncc(Cl)c(Nc2ccccc2S(=O)(=O)N(C)C)n1. The second-order valence-electron chi connectivity index (χ2n) is 8.23. The lowest BCUT2D eigenvalue weighted by molar-refractivity contribution is 0.342. The highest BCUT2D eigenvalue weighted by Gasteiger charge is 2.22. The number of anilines is 5. The Balaban J connectivity index is 1.62. The van der Waals surface area contributed by atoms with Crippen molar-refractivity contribution in [3.63, 3.8) is 0 Å². The number of sulfonamides is 1. The van der Waals surface area contributed by atoms with E-state index in [4.69, 9.17) is 16.3 Å². The van der Waals surface area contributed by atoms with Crippen molar-refractivity contribution in [1.82, 2.24) is 14.3 Å². The molecule has 0 atom stereocenters. The molecule has 2 N–H and O–H groups in total. The highest BCUT2D eigenvalue weighted by Crippen LogP contribution is 2.34. The van der Waals surface area contributed by atoms with Crippen LogP contribution in [0.25, 0.3) is 0 Å². The van der Waals surface area contributed by atoms with Gasteiger partial charge in [-0.1, -0.05) is 23.7 Å². The van der Waals surface area contributed by atoms with Crippen LogP contribution in [0.1, 0.15) is 19.8 Å². The number of nitrogens with zero attached hydrogens (tertiary/aromatic N) is 4. The van der Waals surface area contributed by atoms with E-state index in [1.54, 1.807) is 18.2 Å². The average Bonchev–Trinajstić information content (AvgIpc) is 3.38. The third-order valence-electron chi connectivity index (χ3n) is 5.63. The van der Waals surface area contributed by atoms with Gasteiger partial charge in [0.25, 0.3) is 0 Å². The first kappa shape index (κ1) is 25.0. The summed E-state index contributed by atoms with van der Waals surface area (Å²) in [6, 6.07) is 12.6. The summed E-state index contributed by atoms with van der Waals surface area (Å²) in [6.07, 6.45) is 3.84. The van der Waals surface area contributed by atoms with E-state index in [-0.39, 0.29) is 15.7 Å². The Morgan fingerprint density at radius 3 is 2.54 bits per heavy atom. The molecule has 0 saturated carbocycles. The van der Waals surface area contributed by atoms with Crippen molar-refractivity contribution in [1.29, 1.82) is 0 Å². The maximum absolute atomic E-state index is 12.7. The van der Waals surface area contributed by atoms with Crippen LogP contribution in [0, 0.1) is 0 Å². The molecular formula is C24H29ClN6O3S. The number of ether oxygens (including phenoxy) is 1. The Morgan fingerprint density at radius 2 is 1.83 bits per heavy atom. The fourth-order valence-electron chi connectivity index (χ4n) is 3.82. The zero-order valence-corrected chi connectivity index (χ0v) is 21.5. The lowest BCUT2D eigenvalue weighted by Crippen LogP contribution is -2.23. The molecule has 0 spiro atoms. The topological polar surface area (TPSA) is 99.7 Å². The van der Waals surface area contributed by atoms with Gasteiger partial charge in [0.05, 0.1) is 24.2 Å². The number of hydrogen-bond donors (Lipinski definition) is 2. The summed E-state index contributed by atoms with van der Waals surface area (Å²) in [5, 5.41) is 6.50. The average molecular weight is 517 g/mol. The first-order chi connectivity index (χ1) is 16.8. The molecule has 0 unspecified atom stereocenters. The molecule has 0 radical (unpaired) electrons. The van der Waals surface area contributed by atoms with Gasteiger partial charge in [0.15, 0.2) is 5.82 Å². The molecule has 2 heterocycles. The molecule has 9 nitrogen and oxygen atoms in total. The van der Waals surface area contributed by atoms with E-state index in [0.717, 1.165) is 28.8 Å². The fraction of sp³-hybridized carbons (Fsp3) is 0.333. The number of rotatable bonds is 9. The summed E-state index contributed by atoms with van der Waals surface area (Å²) in [5.41, 5.74) is 2.20. The van der Waals surface area contributed by atoms with E-state index in [9.17, 15) is 8.42 Å². The minimum atomic E-state index is -3.67. The van der Waals surface area contributed by atoms with Crippen molar-refractivity contribution in [2.24, 2.45) is 0 Å². The second-order valence-corrected chi connectivity index (χ2v) is 10.8. The largest absolute Gasteiger partial charge is 0.492 e. The Bertz CT molecular complexity index is 1300. The zero-order valence-electron chi connectivity index (χ0n) is 20.0. The maximum Gasteiger partial charge on any atom is 0.244 e. The first-order valence-electron chi connectivity index (χ1n) is 11.4. The van der Waals surface area contributed by atoms with Crippen LogP contribution < -0.4 is 20.3 Å². The molecule has 0 bridgehead atoms. The van der Waals surface area contributed by atoms with Crippen molar-refractivity contribution in [2.45, 2.75) is 24.7 Å². The molecule has 1 aliphatic rings. The van der Waals surface area contributed by atoms with Crippen molar-refractivity contribution >= 4 is 50.5 Å². The van der Waals surface area contributed by atoms with Gasteiger partial charge in [0, 0.05) is 38.9 Å². The highest BCUT2D eigenvalue weighted by molar-refractivity contribution is 7.89. The van der Waals surface area contributed by atoms with Gasteiger partial charge < -0.3 is 20.3 Å². The van der Waals surface area contributed by atoms with Gasteiger partial charge in [0.1, 0.15) is 15.7 Å². The number of aromatic nitrogens is 2. The van der Waals surface area contributed by atoms with Crippen LogP contribution in [0.3, 0.4) is 0 Å². The molecule has 1 aliphatic heterocycles. The summed E-state index contributed by atoms with van der Waals surface area (Å²) in [7, 11) is -0.708. The molecule has 0 amide bonds. The molecule has 1 saturated heterocycles. The van der Waals surface area contributed by atoms with E-state index in [1.165, 1.54) is 39.2 Å². The monoisotopic (exact) mass is 516 g/mol. The smallest absolute Gasteiger partial charge is 0.244 e. The number of halogens is 1. The lowest BCUT2D eigenvalue weighted by Gasteiger charge is -2.20. The standard InChI is InChI=1S/C24H29ClN6O3S/c1-4-34-21-15-17(31-13-7-8-14-31)11-12-19(21)28-24-26-16-18(25)23(29-24)27-20-9-5-6-10-22(20)35(32,33)30(2)3/h5-6,9-12,15-16H,4,7-8,13-14H2,1-3H3,(H2,26,27,28,29). The van der Waals surface area contributed by atoms with Gasteiger partial charge in [-0.2, -0.15) is 4.98 Å². The minimum absolute atomic E-state index is 0.116. The Kier molecular flexibility index (Phi) is 7.63. The van der Waals surface area contributed by atoms with Gasteiger partial charge in [-0.25, -0.2) is 17.7 Å².